The Morgan fingerprint density at radius 3 is 2.50 bits per heavy atom. The van der Waals surface area contributed by atoms with E-state index in [0.29, 0.717) is 34.4 Å². The molecular formula is C31H27N5O6. The van der Waals surface area contributed by atoms with Crippen molar-refractivity contribution in [2.75, 3.05) is 12.0 Å². The zero-order valence-electron chi connectivity index (χ0n) is 23.1. The van der Waals surface area contributed by atoms with Crippen molar-refractivity contribution in [3.8, 4) is 11.4 Å². The minimum absolute atomic E-state index is 0.0425. The summed E-state index contributed by atoms with van der Waals surface area (Å²) in [4.78, 5) is 59.8. The fourth-order valence-electron chi connectivity index (χ4n) is 7.13. The molecule has 4 heterocycles. The van der Waals surface area contributed by atoms with Crippen molar-refractivity contribution in [3.05, 3.63) is 98.6 Å². The molecule has 1 spiro atoms. The van der Waals surface area contributed by atoms with E-state index in [0.717, 1.165) is 4.90 Å². The number of nitro benzene ring substituents is 1. The quantitative estimate of drug-likeness (QED) is 0.220. The molecular weight excluding hydrogens is 538 g/mol. The molecule has 0 bridgehead atoms. The summed E-state index contributed by atoms with van der Waals surface area (Å²) in [5.74, 6) is -2.02. The molecule has 0 aliphatic carbocycles. The molecule has 1 aromatic heterocycles. The van der Waals surface area contributed by atoms with Crippen LogP contribution in [0.25, 0.3) is 16.6 Å². The standard InChI is InChI=1S/C31H27N5O6/c1-16(2)14-21-25-26(29(39)34(28(25)38)23-13-12-17(36(40)41)15-24(23)42-3)31(33-21)19-9-5-7-11-22(19)35-27(37)18-8-4-6-10-20(18)32-30(31)35/h4-13,15-16,21,25-26,33H,14H2,1-3H3/t21-,25+,26-,31-/m1/s1. The van der Waals surface area contributed by atoms with Gasteiger partial charge >= 0.3 is 0 Å². The molecule has 0 radical (unpaired) electrons. The molecule has 11 nitrogen and oxygen atoms in total. The van der Waals surface area contributed by atoms with E-state index in [-0.39, 0.29) is 28.6 Å². The van der Waals surface area contributed by atoms with Gasteiger partial charge in [0.15, 0.2) is 0 Å². The molecule has 2 amide bonds. The summed E-state index contributed by atoms with van der Waals surface area (Å²) >= 11 is 0. The molecule has 4 aromatic rings. The Bertz CT molecular complexity index is 1900. The number of fused-ring (bicyclic) bond motifs is 8. The number of hydrogen-bond donors (Lipinski definition) is 1. The number of imide groups is 1. The van der Waals surface area contributed by atoms with Gasteiger partial charge in [-0.3, -0.25) is 34.4 Å². The van der Waals surface area contributed by atoms with E-state index >= 15 is 0 Å². The van der Waals surface area contributed by atoms with Crippen molar-refractivity contribution in [2.45, 2.75) is 31.8 Å². The van der Waals surface area contributed by atoms with Crippen molar-refractivity contribution >= 4 is 34.1 Å². The first-order chi connectivity index (χ1) is 20.2. The summed E-state index contributed by atoms with van der Waals surface area (Å²) in [5.41, 5.74) is 0.206. The Labute approximate surface area is 239 Å². The largest absolute Gasteiger partial charge is 0.494 e. The third-order valence-corrected chi connectivity index (χ3v) is 8.70. The Hall–Kier alpha value is -4.90. The number of ether oxygens (including phenoxy) is 1. The van der Waals surface area contributed by atoms with Crippen LogP contribution in [0.4, 0.5) is 11.4 Å². The molecule has 3 aliphatic rings. The van der Waals surface area contributed by atoms with Crippen molar-refractivity contribution in [1.29, 1.82) is 0 Å². The minimum Gasteiger partial charge on any atom is -0.494 e. The van der Waals surface area contributed by atoms with Crippen LogP contribution in [0.3, 0.4) is 0 Å². The number of anilines is 1. The highest BCUT2D eigenvalue weighted by Gasteiger charge is 2.70. The number of amides is 2. The van der Waals surface area contributed by atoms with Crippen LogP contribution >= 0.6 is 0 Å². The molecule has 2 fully saturated rings. The van der Waals surface area contributed by atoms with Crippen molar-refractivity contribution in [2.24, 2.45) is 17.8 Å². The van der Waals surface area contributed by atoms with Crippen molar-refractivity contribution in [1.82, 2.24) is 14.9 Å². The maximum atomic E-state index is 14.6. The second-order valence-corrected chi connectivity index (χ2v) is 11.4. The number of para-hydroxylation sites is 2. The molecule has 2 saturated heterocycles. The molecule has 3 aliphatic heterocycles. The van der Waals surface area contributed by atoms with Gasteiger partial charge in [0.05, 0.1) is 52.2 Å². The van der Waals surface area contributed by atoms with Gasteiger partial charge in [0.25, 0.3) is 11.2 Å². The van der Waals surface area contributed by atoms with Gasteiger partial charge in [-0.25, -0.2) is 9.88 Å². The third-order valence-electron chi connectivity index (χ3n) is 8.70. The molecule has 212 valence electrons. The topological polar surface area (TPSA) is 137 Å². The lowest BCUT2D eigenvalue weighted by atomic mass is 9.75. The summed E-state index contributed by atoms with van der Waals surface area (Å²) in [6.45, 7) is 4.10. The highest BCUT2D eigenvalue weighted by Crippen LogP contribution is 2.56. The Morgan fingerprint density at radius 2 is 1.76 bits per heavy atom. The van der Waals surface area contributed by atoms with E-state index in [2.05, 4.69) is 5.32 Å². The summed E-state index contributed by atoms with van der Waals surface area (Å²) in [5, 5.41) is 15.5. The van der Waals surface area contributed by atoms with E-state index in [1.165, 1.54) is 25.3 Å². The summed E-state index contributed by atoms with van der Waals surface area (Å²) < 4.78 is 6.99. The van der Waals surface area contributed by atoms with Crippen LogP contribution in [0, 0.1) is 27.9 Å². The van der Waals surface area contributed by atoms with Gasteiger partial charge in [0.1, 0.15) is 17.1 Å². The number of carbonyl (C=O) groups excluding carboxylic acids is 2. The molecule has 11 heteroatoms. The average molecular weight is 566 g/mol. The minimum atomic E-state index is -1.26. The van der Waals surface area contributed by atoms with Gasteiger partial charge in [-0.2, -0.15) is 0 Å². The van der Waals surface area contributed by atoms with Crippen LogP contribution in [0.5, 0.6) is 5.75 Å². The fourth-order valence-corrected chi connectivity index (χ4v) is 7.13. The number of nitro groups is 1. The maximum absolute atomic E-state index is 14.6. The van der Waals surface area contributed by atoms with Crippen LogP contribution in [0.1, 0.15) is 31.7 Å². The third kappa shape index (κ3) is 3.31. The van der Waals surface area contributed by atoms with Gasteiger partial charge in [0.2, 0.25) is 11.8 Å². The molecule has 42 heavy (non-hydrogen) atoms. The Morgan fingerprint density at radius 1 is 1.02 bits per heavy atom. The Balaban J connectivity index is 1.49. The van der Waals surface area contributed by atoms with E-state index in [9.17, 15) is 24.5 Å². The summed E-state index contributed by atoms with van der Waals surface area (Å²) in [7, 11) is 1.34. The first kappa shape index (κ1) is 26.0. The SMILES string of the molecule is COc1cc([N+](=O)[O-])ccc1N1C(=O)[C@H]2[C@@H](CC(C)C)N[C@]3(c4ccccc4-n4c3nc3ccccc3c4=O)[C@H]2C1=O. The van der Waals surface area contributed by atoms with E-state index in [1.54, 1.807) is 28.8 Å². The predicted octanol–water partition coefficient (Wildman–Crippen LogP) is 3.68. The number of methoxy groups -OCH3 is 1. The predicted molar refractivity (Wildman–Crippen MR) is 154 cm³/mol. The number of aromatic nitrogens is 2. The van der Waals surface area contributed by atoms with Crippen LogP contribution in [-0.4, -0.2) is 39.4 Å². The van der Waals surface area contributed by atoms with Crippen molar-refractivity contribution < 1.29 is 19.2 Å². The number of carbonyl (C=O) groups is 2. The smallest absolute Gasteiger partial charge is 0.273 e. The number of non-ortho nitro benzene ring substituents is 1. The number of benzene rings is 3. The number of nitrogens with one attached hydrogen (secondary N) is 1. The molecule has 7 rings (SSSR count). The zero-order valence-corrected chi connectivity index (χ0v) is 23.1. The fraction of sp³-hybridized carbons (Fsp3) is 0.290. The second kappa shape index (κ2) is 9.05. The first-order valence-electron chi connectivity index (χ1n) is 13.8. The van der Waals surface area contributed by atoms with Gasteiger partial charge in [-0.15, -0.1) is 0 Å². The van der Waals surface area contributed by atoms with Crippen molar-refractivity contribution in [3.63, 3.8) is 0 Å². The maximum Gasteiger partial charge on any atom is 0.273 e. The lowest BCUT2D eigenvalue weighted by molar-refractivity contribution is -0.384. The highest BCUT2D eigenvalue weighted by atomic mass is 16.6. The zero-order chi connectivity index (χ0) is 29.5. The second-order valence-electron chi connectivity index (χ2n) is 11.4. The van der Waals surface area contributed by atoms with Crippen LogP contribution in [0.2, 0.25) is 0 Å². The van der Waals surface area contributed by atoms with E-state index in [1.807, 2.05) is 38.1 Å². The van der Waals surface area contributed by atoms with Crippen LogP contribution in [0.15, 0.2) is 71.5 Å². The van der Waals surface area contributed by atoms with Crippen LogP contribution in [-0.2, 0) is 15.1 Å². The first-order valence-corrected chi connectivity index (χ1v) is 13.8. The molecule has 0 unspecified atom stereocenters. The lowest BCUT2D eigenvalue weighted by Crippen LogP contribution is -2.50. The summed E-state index contributed by atoms with van der Waals surface area (Å²) in [6.07, 6.45) is 0.590. The van der Waals surface area contributed by atoms with Gasteiger partial charge in [-0.1, -0.05) is 44.2 Å². The lowest BCUT2D eigenvalue weighted by Gasteiger charge is -2.32. The average Bonchev–Trinajstić information content (AvgIpc) is 3.55. The normalized spacial score (nSPS) is 24.0. The number of hydrogen-bond acceptors (Lipinski definition) is 8. The monoisotopic (exact) mass is 565 g/mol. The van der Waals surface area contributed by atoms with Gasteiger partial charge < -0.3 is 4.74 Å². The van der Waals surface area contributed by atoms with E-state index < -0.39 is 40.2 Å². The van der Waals surface area contributed by atoms with Gasteiger partial charge in [0, 0.05) is 17.7 Å². The molecule has 1 N–H and O–H groups in total. The number of nitrogens with zero attached hydrogens (tertiary/aromatic N) is 4. The molecule has 3 aromatic carbocycles. The summed E-state index contributed by atoms with van der Waals surface area (Å²) in [6, 6.07) is 17.9. The molecule has 4 atom stereocenters. The van der Waals surface area contributed by atoms with Gasteiger partial charge in [-0.05, 0) is 36.6 Å². The molecule has 0 saturated carbocycles. The van der Waals surface area contributed by atoms with Crippen LogP contribution < -0.4 is 20.5 Å². The highest BCUT2D eigenvalue weighted by molar-refractivity contribution is 6.24. The Kier molecular flexibility index (Phi) is 5.61. The number of rotatable bonds is 5. The van der Waals surface area contributed by atoms with E-state index in [4.69, 9.17) is 9.72 Å².